The van der Waals surface area contributed by atoms with Crippen LogP contribution in [0.1, 0.15) is 60.5 Å². The fraction of sp³-hybridized carbons (Fsp3) is 0.500. The van der Waals surface area contributed by atoms with Crippen molar-refractivity contribution in [1.29, 1.82) is 0 Å². The minimum Gasteiger partial charge on any atom is -0.381 e. The maximum absolute atomic E-state index is 14.6. The van der Waals surface area contributed by atoms with Gasteiger partial charge in [0.05, 0.1) is 28.9 Å². The second kappa shape index (κ2) is 10.0. The Morgan fingerprint density at radius 3 is 2.70 bits per heavy atom. The third kappa shape index (κ3) is 4.82. The van der Waals surface area contributed by atoms with Crippen LogP contribution in [0.5, 0.6) is 0 Å². The van der Waals surface area contributed by atoms with Crippen molar-refractivity contribution in [3.05, 3.63) is 65.5 Å². The molecule has 9 heteroatoms. The molecule has 196 valence electrons. The summed E-state index contributed by atoms with van der Waals surface area (Å²) in [7, 11) is 0. The van der Waals surface area contributed by atoms with Crippen LogP contribution < -0.4 is 10.2 Å². The Balaban J connectivity index is 1.28. The average molecular weight is 510 g/mol. The van der Waals surface area contributed by atoms with E-state index >= 15 is 0 Å². The second-order valence-electron chi connectivity index (χ2n) is 10.6. The van der Waals surface area contributed by atoms with Gasteiger partial charge >= 0.3 is 0 Å². The maximum atomic E-state index is 14.6. The zero-order chi connectivity index (χ0) is 25.4. The van der Waals surface area contributed by atoms with E-state index in [-0.39, 0.29) is 17.5 Å². The van der Waals surface area contributed by atoms with Crippen molar-refractivity contribution in [3.8, 4) is 0 Å². The number of nitrogens with one attached hydrogen (secondary N) is 1. The van der Waals surface area contributed by atoms with Gasteiger partial charge in [-0.15, -0.1) is 0 Å². The van der Waals surface area contributed by atoms with Crippen LogP contribution in [-0.4, -0.2) is 65.4 Å². The largest absolute Gasteiger partial charge is 0.381 e. The van der Waals surface area contributed by atoms with Crippen molar-refractivity contribution in [1.82, 2.24) is 19.8 Å². The summed E-state index contributed by atoms with van der Waals surface area (Å²) >= 11 is 0. The molecule has 0 bridgehead atoms. The number of rotatable bonds is 6. The third-order valence-corrected chi connectivity index (χ3v) is 8.20. The van der Waals surface area contributed by atoms with Crippen LogP contribution in [0, 0.1) is 11.6 Å². The lowest BCUT2D eigenvalue weighted by Crippen LogP contribution is -2.58. The Bertz CT molecular complexity index is 1280. The van der Waals surface area contributed by atoms with Gasteiger partial charge < -0.3 is 19.9 Å². The summed E-state index contributed by atoms with van der Waals surface area (Å²) in [6.07, 6.45) is 9.03. The van der Waals surface area contributed by atoms with Crippen LogP contribution in [0.4, 0.5) is 14.5 Å². The zero-order valence-corrected chi connectivity index (χ0v) is 21.0. The summed E-state index contributed by atoms with van der Waals surface area (Å²) in [5.74, 6) is -0.977. The summed E-state index contributed by atoms with van der Waals surface area (Å²) in [5.41, 5.74) is 2.13. The maximum Gasteiger partial charge on any atom is 0.255 e. The third-order valence-electron chi connectivity index (χ3n) is 8.20. The number of likely N-dealkylation sites (tertiary alicyclic amines) is 1. The Morgan fingerprint density at radius 1 is 1.08 bits per heavy atom. The zero-order valence-electron chi connectivity index (χ0n) is 21.0. The van der Waals surface area contributed by atoms with Crippen LogP contribution in [0.3, 0.4) is 0 Å². The van der Waals surface area contributed by atoms with E-state index in [1.165, 1.54) is 25.0 Å². The fourth-order valence-electron chi connectivity index (χ4n) is 6.25. The van der Waals surface area contributed by atoms with Gasteiger partial charge in [0, 0.05) is 43.8 Å². The number of aromatic nitrogens is 2. The molecular formula is C28H33F2N5O2. The molecular weight excluding hydrogens is 476 g/mol. The number of ether oxygens (including phenoxy) is 1. The highest BCUT2D eigenvalue weighted by molar-refractivity contribution is 6.01. The standard InChI is InChI=1S/C28H33F2N5O2/c29-20-5-6-24(30)22(16-20)25-4-3-12-34(25)21-7-13-35-26(17-21)23(18-31-35)27(36)32-28(8-14-37-15-9-28)19-33-10-1-2-11-33/h5-7,13,16-18,25H,1-4,8-12,14-15,19H2,(H,32,36)/t25-/m1/s1. The minimum atomic E-state index is -0.440. The Hall–Kier alpha value is -3.04. The molecule has 0 radical (unpaired) electrons. The summed E-state index contributed by atoms with van der Waals surface area (Å²) in [6.45, 7) is 4.98. The smallest absolute Gasteiger partial charge is 0.255 e. The van der Waals surface area contributed by atoms with Crippen LogP contribution >= 0.6 is 0 Å². The van der Waals surface area contributed by atoms with Gasteiger partial charge in [-0.05, 0) is 81.9 Å². The summed E-state index contributed by atoms with van der Waals surface area (Å²) < 4.78 is 35.9. The second-order valence-corrected chi connectivity index (χ2v) is 10.6. The number of halogens is 2. The predicted molar refractivity (Wildman–Crippen MR) is 137 cm³/mol. The number of anilines is 1. The topological polar surface area (TPSA) is 62.1 Å². The normalized spacial score (nSPS) is 22.1. The highest BCUT2D eigenvalue weighted by Crippen LogP contribution is 2.38. The molecule has 3 fully saturated rings. The monoisotopic (exact) mass is 509 g/mol. The number of carbonyl (C=O) groups excluding carboxylic acids is 1. The van der Waals surface area contributed by atoms with Gasteiger partial charge in [0.1, 0.15) is 11.6 Å². The molecule has 37 heavy (non-hydrogen) atoms. The molecule has 5 heterocycles. The quantitative estimate of drug-likeness (QED) is 0.536. The van der Waals surface area contributed by atoms with E-state index in [9.17, 15) is 13.6 Å². The van der Waals surface area contributed by atoms with Crippen molar-refractivity contribution >= 4 is 17.1 Å². The van der Waals surface area contributed by atoms with E-state index in [0.717, 1.165) is 63.6 Å². The van der Waals surface area contributed by atoms with Gasteiger partial charge in [0.15, 0.2) is 0 Å². The summed E-state index contributed by atoms with van der Waals surface area (Å²) in [5, 5.41) is 7.79. The van der Waals surface area contributed by atoms with Crippen molar-refractivity contribution in [3.63, 3.8) is 0 Å². The molecule has 3 saturated heterocycles. The molecule has 0 spiro atoms. The summed E-state index contributed by atoms with van der Waals surface area (Å²) in [6, 6.07) is 7.24. The molecule has 0 saturated carbocycles. The first-order chi connectivity index (χ1) is 18.0. The highest BCUT2D eigenvalue weighted by atomic mass is 19.1. The molecule has 3 aliphatic rings. The SMILES string of the molecule is O=C(NC1(CN2CCCC2)CCOCC1)c1cnn2ccc(N3CCC[C@@H]3c3cc(F)ccc3F)cc12. The fourth-order valence-corrected chi connectivity index (χ4v) is 6.25. The van der Waals surface area contributed by atoms with Crippen LogP contribution in [0.15, 0.2) is 42.7 Å². The van der Waals surface area contributed by atoms with Gasteiger partial charge in [-0.2, -0.15) is 5.10 Å². The van der Waals surface area contributed by atoms with Crippen LogP contribution in [-0.2, 0) is 4.74 Å². The van der Waals surface area contributed by atoms with Gasteiger partial charge in [-0.25, -0.2) is 13.3 Å². The molecule has 6 rings (SSSR count). The Labute approximate surface area is 215 Å². The van der Waals surface area contributed by atoms with E-state index in [2.05, 4.69) is 20.2 Å². The number of benzene rings is 1. The molecule has 0 aliphatic carbocycles. The first-order valence-corrected chi connectivity index (χ1v) is 13.3. The molecule has 7 nitrogen and oxygen atoms in total. The van der Waals surface area contributed by atoms with Crippen LogP contribution in [0.25, 0.3) is 5.52 Å². The van der Waals surface area contributed by atoms with E-state index in [0.29, 0.717) is 29.9 Å². The highest BCUT2D eigenvalue weighted by Gasteiger charge is 2.37. The van der Waals surface area contributed by atoms with Gasteiger partial charge in [0.2, 0.25) is 0 Å². The number of fused-ring (bicyclic) bond motifs is 1. The molecule has 3 aromatic rings. The van der Waals surface area contributed by atoms with Gasteiger partial charge in [-0.3, -0.25) is 4.79 Å². The molecule has 1 aromatic carbocycles. The van der Waals surface area contributed by atoms with E-state index in [1.54, 1.807) is 10.7 Å². The van der Waals surface area contributed by atoms with Crippen molar-refractivity contribution in [2.45, 2.75) is 50.1 Å². The lowest BCUT2D eigenvalue weighted by molar-refractivity contribution is 0.0238. The molecule has 1 amide bonds. The number of amides is 1. The predicted octanol–water partition coefficient (Wildman–Crippen LogP) is 4.33. The van der Waals surface area contributed by atoms with Gasteiger partial charge in [0.25, 0.3) is 5.91 Å². The first-order valence-electron chi connectivity index (χ1n) is 13.3. The van der Waals surface area contributed by atoms with Crippen LogP contribution in [0.2, 0.25) is 0 Å². The Morgan fingerprint density at radius 2 is 1.89 bits per heavy atom. The van der Waals surface area contributed by atoms with Crippen molar-refractivity contribution in [2.75, 3.05) is 44.3 Å². The number of pyridine rings is 1. The number of hydrogen-bond donors (Lipinski definition) is 1. The molecule has 2 aromatic heterocycles. The molecule has 1 atom stereocenters. The van der Waals surface area contributed by atoms with E-state index in [4.69, 9.17) is 4.74 Å². The molecule has 0 unspecified atom stereocenters. The number of nitrogens with zero attached hydrogens (tertiary/aromatic N) is 4. The lowest BCUT2D eigenvalue weighted by Gasteiger charge is -2.40. The number of hydrogen-bond acceptors (Lipinski definition) is 5. The Kier molecular flexibility index (Phi) is 6.58. The minimum absolute atomic E-state index is 0.137. The van der Waals surface area contributed by atoms with Crippen molar-refractivity contribution in [2.24, 2.45) is 0 Å². The number of carbonyl (C=O) groups is 1. The molecule has 3 aliphatic heterocycles. The van der Waals surface area contributed by atoms with E-state index < -0.39 is 11.6 Å². The lowest BCUT2D eigenvalue weighted by atomic mass is 9.89. The first kappa shape index (κ1) is 24.3. The summed E-state index contributed by atoms with van der Waals surface area (Å²) in [4.78, 5) is 18.2. The molecule has 1 N–H and O–H groups in total. The average Bonchev–Trinajstić information content (AvgIpc) is 3.66. The van der Waals surface area contributed by atoms with Crippen molar-refractivity contribution < 1.29 is 18.3 Å². The van der Waals surface area contributed by atoms with Gasteiger partial charge in [-0.1, -0.05) is 0 Å². The van der Waals surface area contributed by atoms with E-state index in [1.807, 2.05) is 18.3 Å².